The minimum absolute atomic E-state index is 0.145. The topological polar surface area (TPSA) is 68.3 Å². The zero-order valence-electron chi connectivity index (χ0n) is 16.4. The number of carbonyl (C=O) groups is 1. The van der Waals surface area contributed by atoms with Crippen LogP contribution in [0, 0.1) is 22.7 Å². The molecule has 1 aromatic rings. The molecule has 0 aromatic carbocycles. The average Bonchev–Trinajstić information content (AvgIpc) is 3.12. The first-order chi connectivity index (χ1) is 12.4. The second-order valence-corrected chi connectivity index (χ2v) is 8.79. The van der Waals surface area contributed by atoms with Gasteiger partial charge >= 0.3 is 0 Å². The van der Waals surface area contributed by atoms with Crippen LogP contribution in [-0.4, -0.2) is 19.0 Å². The van der Waals surface area contributed by atoms with Gasteiger partial charge in [-0.05, 0) is 67.4 Å². The van der Waals surface area contributed by atoms with Crippen molar-refractivity contribution < 1.29 is 9.21 Å². The summed E-state index contributed by atoms with van der Waals surface area (Å²) in [5, 5.41) is 3.07. The first-order valence-electron chi connectivity index (χ1n) is 10.1. The maximum Gasteiger partial charge on any atom is 0.226 e. The highest BCUT2D eigenvalue weighted by Gasteiger charge is 2.56. The van der Waals surface area contributed by atoms with Crippen LogP contribution in [-0.2, 0) is 11.2 Å². The smallest absolute Gasteiger partial charge is 0.226 e. The van der Waals surface area contributed by atoms with E-state index in [4.69, 9.17) is 10.2 Å². The number of nitrogens with two attached hydrogens (primary N) is 1. The number of rotatable bonds is 6. The van der Waals surface area contributed by atoms with Crippen molar-refractivity contribution in [2.45, 2.75) is 58.8 Å². The van der Waals surface area contributed by atoms with Gasteiger partial charge in [0.2, 0.25) is 5.91 Å². The summed E-state index contributed by atoms with van der Waals surface area (Å²) in [6.45, 7) is 10.1. The Labute approximate surface area is 157 Å². The quantitative estimate of drug-likeness (QED) is 0.753. The number of fused-ring (bicyclic) bond motifs is 1. The van der Waals surface area contributed by atoms with Crippen LogP contribution in [0.1, 0.15) is 57.9 Å². The van der Waals surface area contributed by atoms with Crippen molar-refractivity contribution in [2.24, 2.45) is 28.4 Å². The monoisotopic (exact) mass is 358 g/mol. The summed E-state index contributed by atoms with van der Waals surface area (Å²) < 4.78 is 5.23. The molecule has 26 heavy (non-hydrogen) atoms. The Hall–Kier alpha value is -1.55. The summed E-state index contributed by atoms with van der Waals surface area (Å²) in [5.74, 6) is 1.07. The Morgan fingerprint density at radius 3 is 2.92 bits per heavy atom. The fraction of sp³-hybridized carbons (Fsp3) is 0.682. The van der Waals surface area contributed by atoms with Crippen molar-refractivity contribution in [1.82, 2.24) is 5.32 Å². The first-order valence-corrected chi connectivity index (χ1v) is 10.1. The van der Waals surface area contributed by atoms with Gasteiger partial charge in [0.1, 0.15) is 0 Å². The van der Waals surface area contributed by atoms with Crippen molar-refractivity contribution in [1.29, 1.82) is 0 Å². The van der Waals surface area contributed by atoms with Gasteiger partial charge in [-0.1, -0.05) is 32.4 Å². The maximum absolute atomic E-state index is 13.0. The van der Waals surface area contributed by atoms with Crippen LogP contribution in [0.2, 0.25) is 0 Å². The number of hydrogen-bond acceptors (Lipinski definition) is 3. The molecule has 144 valence electrons. The summed E-state index contributed by atoms with van der Waals surface area (Å²) >= 11 is 0. The van der Waals surface area contributed by atoms with E-state index in [1.807, 2.05) is 6.26 Å². The van der Waals surface area contributed by atoms with Gasteiger partial charge in [-0.2, -0.15) is 0 Å². The van der Waals surface area contributed by atoms with Crippen LogP contribution in [0.25, 0.3) is 0 Å². The van der Waals surface area contributed by atoms with Gasteiger partial charge in [-0.15, -0.1) is 0 Å². The second kappa shape index (κ2) is 7.59. The summed E-state index contributed by atoms with van der Waals surface area (Å²) in [6.07, 6.45) is 11.1. The van der Waals surface area contributed by atoms with Crippen LogP contribution in [0.4, 0.5) is 0 Å². The van der Waals surface area contributed by atoms with Gasteiger partial charge in [0, 0.05) is 18.5 Å². The molecule has 3 rings (SSSR count). The maximum atomic E-state index is 13.0. The number of aryl methyl sites for hydroxylation is 1. The fourth-order valence-corrected chi connectivity index (χ4v) is 5.89. The Morgan fingerprint density at radius 1 is 1.42 bits per heavy atom. The van der Waals surface area contributed by atoms with Crippen molar-refractivity contribution in [3.05, 3.63) is 36.3 Å². The lowest BCUT2D eigenvalue weighted by atomic mass is 9.46. The second-order valence-electron chi connectivity index (χ2n) is 8.79. The van der Waals surface area contributed by atoms with Gasteiger partial charge in [-0.25, -0.2) is 0 Å². The molecule has 4 heteroatoms. The van der Waals surface area contributed by atoms with E-state index in [9.17, 15) is 4.79 Å². The molecule has 0 aliphatic heterocycles. The lowest BCUT2D eigenvalue weighted by Gasteiger charge is -2.58. The largest absolute Gasteiger partial charge is 0.472 e. The van der Waals surface area contributed by atoms with Crippen molar-refractivity contribution in [2.75, 3.05) is 13.1 Å². The highest BCUT2D eigenvalue weighted by Crippen LogP contribution is 2.61. The lowest BCUT2D eigenvalue weighted by molar-refractivity contribution is -0.146. The van der Waals surface area contributed by atoms with Gasteiger partial charge in [0.05, 0.1) is 12.5 Å². The van der Waals surface area contributed by atoms with E-state index in [2.05, 4.69) is 31.8 Å². The molecular formula is C22H34N2O2. The number of furan rings is 1. The van der Waals surface area contributed by atoms with Crippen LogP contribution in [0.3, 0.4) is 0 Å². The summed E-state index contributed by atoms with van der Waals surface area (Å²) in [4.78, 5) is 13.0. The van der Waals surface area contributed by atoms with Crippen molar-refractivity contribution in [3.63, 3.8) is 0 Å². The van der Waals surface area contributed by atoms with E-state index in [1.165, 1.54) is 17.6 Å². The number of amides is 1. The Kier molecular flexibility index (Phi) is 5.61. The summed E-state index contributed by atoms with van der Waals surface area (Å²) in [7, 11) is 0. The van der Waals surface area contributed by atoms with Gasteiger partial charge < -0.3 is 15.5 Å². The summed E-state index contributed by atoms with van der Waals surface area (Å²) in [6, 6.07) is 2.05. The first kappa shape index (κ1) is 19.2. The molecule has 3 N–H and O–H groups in total. The molecule has 0 unspecified atom stereocenters. The average molecular weight is 359 g/mol. The fourth-order valence-electron chi connectivity index (χ4n) is 5.89. The number of carbonyl (C=O) groups excluding carboxylic acids is 1. The molecule has 1 amide bonds. The van der Waals surface area contributed by atoms with E-state index in [0.717, 1.165) is 38.5 Å². The predicted octanol–water partition coefficient (Wildman–Crippen LogP) is 4.07. The molecule has 0 saturated heterocycles. The van der Waals surface area contributed by atoms with Gasteiger partial charge in [-0.3, -0.25) is 4.79 Å². The highest BCUT2D eigenvalue weighted by atomic mass is 16.3. The third-order valence-corrected chi connectivity index (χ3v) is 7.27. The standard InChI is InChI=1S/C22H34N2O2/c1-16-5-8-19-21(2,18(16)7-6-17-9-14-26-15-17)10-4-11-22(19,3)20(25)24-13-12-23/h9,14-15,18-19H,1,4-8,10-13,23H2,2-3H3,(H,24,25)/t18-,19+,21+,22-/m0/s1. The molecule has 2 aliphatic carbocycles. The molecule has 4 atom stereocenters. The third kappa shape index (κ3) is 3.36. The van der Waals surface area contributed by atoms with Gasteiger partial charge in [0.25, 0.3) is 0 Å². The molecule has 2 aliphatic rings. The van der Waals surface area contributed by atoms with E-state index in [1.54, 1.807) is 6.26 Å². The zero-order valence-corrected chi connectivity index (χ0v) is 16.4. The normalized spacial score (nSPS) is 34.3. The minimum atomic E-state index is -0.295. The van der Waals surface area contributed by atoms with E-state index in [0.29, 0.717) is 24.9 Å². The van der Waals surface area contributed by atoms with Gasteiger partial charge in [0.15, 0.2) is 0 Å². The van der Waals surface area contributed by atoms with Crippen LogP contribution < -0.4 is 11.1 Å². The SMILES string of the molecule is C=C1CC[C@@H]2[C@](C)(CCC[C@]2(C)C(=O)NCCN)[C@H]1CCc1ccoc1. The predicted molar refractivity (Wildman–Crippen MR) is 105 cm³/mol. The molecule has 0 bridgehead atoms. The molecule has 2 fully saturated rings. The molecule has 1 aromatic heterocycles. The van der Waals surface area contributed by atoms with E-state index < -0.39 is 0 Å². The Bertz CT molecular complexity index is 639. The third-order valence-electron chi connectivity index (χ3n) is 7.27. The number of allylic oxidation sites excluding steroid dienone is 1. The molecule has 4 nitrogen and oxygen atoms in total. The van der Waals surface area contributed by atoms with Crippen LogP contribution in [0.15, 0.2) is 35.2 Å². The Morgan fingerprint density at radius 2 is 2.23 bits per heavy atom. The van der Waals surface area contributed by atoms with E-state index >= 15 is 0 Å². The molecule has 0 radical (unpaired) electrons. The van der Waals surface area contributed by atoms with Crippen LogP contribution >= 0.6 is 0 Å². The van der Waals surface area contributed by atoms with Crippen molar-refractivity contribution >= 4 is 5.91 Å². The molecule has 0 spiro atoms. The molecule has 2 saturated carbocycles. The molecular weight excluding hydrogens is 324 g/mol. The molecule has 1 heterocycles. The number of nitrogens with one attached hydrogen (secondary N) is 1. The highest BCUT2D eigenvalue weighted by molar-refractivity contribution is 5.83. The Balaban J connectivity index is 1.82. The summed E-state index contributed by atoms with van der Waals surface area (Å²) in [5.41, 5.74) is 8.08. The van der Waals surface area contributed by atoms with Crippen LogP contribution in [0.5, 0.6) is 0 Å². The zero-order chi connectivity index (χ0) is 18.8. The van der Waals surface area contributed by atoms with Crippen molar-refractivity contribution in [3.8, 4) is 0 Å². The van der Waals surface area contributed by atoms with E-state index in [-0.39, 0.29) is 16.7 Å². The lowest BCUT2D eigenvalue weighted by Crippen LogP contribution is -2.56. The minimum Gasteiger partial charge on any atom is -0.472 e. The number of hydrogen-bond donors (Lipinski definition) is 2.